The zero-order chi connectivity index (χ0) is 10.7. The minimum absolute atomic E-state index is 0.496. The Bertz CT molecular complexity index is 347. The van der Waals surface area contributed by atoms with Crippen LogP contribution in [0.1, 0.15) is 16.7 Å². The molecule has 1 atom stereocenters. The summed E-state index contributed by atoms with van der Waals surface area (Å²) in [5, 5.41) is 8.74. The van der Waals surface area contributed by atoms with E-state index < -0.39 is 10.8 Å². The molecule has 1 aromatic rings. The van der Waals surface area contributed by atoms with Crippen LogP contribution < -0.4 is 0 Å². The largest absolute Gasteiger partial charge is 0.480 e. The molecular formula is C11H13BrO2. The van der Waals surface area contributed by atoms with E-state index in [-0.39, 0.29) is 0 Å². The van der Waals surface area contributed by atoms with Gasteiger partial charge in [-0.3, -0.25) is 4.79 Å². The van der Waals surface area contributed by atoms with Gasteiger partial charge in [0.1, 0.15) is 4.83 Å². The van der Waals surface area contributed by atoms with E-state index in [0.717, 1.165) is 11.1 Å². The first-order valence-electron chi connectivity index (χ1n) is 4.43. The van der Waals surface area contributed by atoms with Gasteiger partial charge in [-0.05, 0) is 31.4 Å². The third kappa shape index (κ3) is 2.84. The second kappa shape index (κ2) is 4.60. The van der Waals surface area contributed by atoms with Crippen molar-refractivity contribution in [2.75, 3.05) is 0 Å². The highest BCUT2D eigenvalue weighted by molar-refractivity contribution is 9.10. The monoisotopic (exact) mass is 256 g/mol. The summed E-state index contributed by atoms with van der Waals surface area (Å²) in [6.45, 7) is 4.03. The quantitative estimate of drug-likeness (QED) is 0.845. The van der Waals surface area contributed by atoms with Crippen LogP contribution in [0.25, 0.3) is 0 Å². The zero-order valence-corrected chi connectivity index (χ0v) is 9.84. The molecule has 0 spiro atoms. The molecule has 3 heteroatoms. The van der Waals surface area contributed by atoms with Crippen molar-refractivity contribution in [3.63, 3.8) is 0 Å². The van der Waals surface area contributed by atoms with Crippen LogP contribution in [0.15, 0.2) is 18.2 Å². The van der Waals surface area contributed by atoms with Crippen LogP contribution in [0.3, 0.4) is 0 Å². The van der Waals surface area contributed by atoms with Crippen molar-refractivity contribution in [2.24, 2.45) is 0 Å². The van der Waals surface area contributed by atoms with E-state index in [0.29, 0.717) is 6.42 Å². The van der Waals surface area contributed by atoms with E-state index >= 15 is 0 Å². The Morgan fingerprint density at radius 1 is 1.50 bits per heavy atom. The third-order valence-electron chi connectivity index (χ3n) is 2.17. The molecule has 14 heavy (non-hydrogen) atoms. The van der Waals surface area contributed by atoms with E-state index in [4.69, 9.17) is 5.11 Å². The van der Waals surface area contributed by atoms with Crippen LogP contribution in [0.4, 0.5) is 0 Å². The number of halogens is 1. The van der Waals surface area contributed by atoms with Crippen molar-refractivity contribution >= 4 is 21.9 Å². The van der Waals surface area contributed by atoms with Crippen molar-refractivity contribution < 1.29 is 9.90 Å². The first kappa shape index (κ1) is 11.2. The fourth-order valence-electron chi connectivity index (χ4n) is 1.36. The average Bonchev–Trinajstić information content (AvgIpc) is 2.09. The molecule has 1 aromatic carbocycles. The maximum atomic E-state index is 10.6. The maximum Gasteiger partial charge on any atom is 0.317 e. The highest BCUT2D eigenvalue weighted by Crippen LogP contribution is 2.15. The Labute approximate surface area is 92.1 Å². The molecule has 0 aliphatic rings. The molecule has 0 aromatic heterocycles. The Balaban J connectivity index is 2.82. The predicted octanol–water partition coefficient (Wildman–Crippen LogP) is 2.69. The molecule has 0 fully saturated rings. The van der Waals surface area contributed by atoms with Crippen molar-refractivity contribution in [1.29, 1.82) is 0 Å². The molecule has 0 radical (unpaired) electrons. The molecule has 0 bridgehead atoms. The summed E-state index contributed by atoms with van der Waals surface area (Å²) in [5.74, 6) is -0.815. The van der Waals surface area contributed by atoms with Gasteiger partial charge in [-0.15, -0.1) is 0 Å². The number of aryl methyl sites for hydroxylation is 2. The fraction of sp³-hybridized carbons (Fsp3) is 0.364. The summed E-state index contributed by atoms with van der Waals surface area (Å²) in [6, 6.07) is 6.06. The molecule has 0 saturated carbocycles. The first-order chi connectivity index (χ1) is 6.50. The Morgan fingerprint density at radius 3 is 2.64 bits per heavy atom. The highest BCUT2D eigenvalue weighted by atomic mass is 79.9. The number of carboxylic acids is 1. The lowest BCUT2D eigenvalue weighted by atomic mass is 10.0. The molecular weight excluding hydrogens is 244 g/mol. The molecule has 0 aliphatic heterocycles. The van der Waals surface area contributed by atoms with Crippen molar-refractivity contribution in [3.8, 4) is 0 Å². The van der Waals surface area contributed by atoms with Crippen LogP contribution in [-0.2, 0) is 11.2 Å². The number of carbonyl (C=O) groups is 1. The molecule has 1 rings (SSSR count). The summed E-state index contributed by atoms with van der Waals surface area (Å²) in [4.78, 5) is 10.1. The average molecular weight is 257 g/mol. The Hall–Kier alpha value is -0.830. The van der Waals surface area contributed by atoms with Crippen LogP contribution in [-0.4, -0.2) is 15.9 Å². The molecule has 0 saturated heterocycles. The lowest BCUT2D eigenvalue weighted by Crippen LogP contribution is -2.15. The second-order valence-electron chi connectivity index (χ2n) is 3.44. The summed E-state index contributed by atoms with van der Waals surface area (Å²) >= 11 is 3.13. The molecule has 76 valence electrons. The van der Waals surface area contributed by atoms with Crippen molar-refractivity contribution in [2.45, 2.75) is 25.1 Å². The number of hydrogen-bond acceptors (Lipinski definition) is 1. The summed E-state index contributed by atoms with van der Waals surface area (Å²) in [7, 11) is 0. The van der Waals surface area contributed by atoms with Gasteiger partial charge in [-0.25, -0.2) is 0 Å². The number of carboxylic acid groups (broad SMARTS) is 1. The Kier molecular flexibility index (Phi) is 3.69. The molecule has 1 N–H and O–H groups in total. The highest BCUT2D eigenvalue weighted by Gasteiger charge is 2.14. The maximum absolute atomic E-state index is 10.6. The summed E-state index contributed by atoms with van der Waals surface area (Å²) in [5.41, 5.74) is 3.43. The normalized spacial score (nSPS) is 12.5. The number of benzene rings is 1. The number of alkyl halides is 1. The van der Waals surface area contributed by atoms with Crippen molar-refractivity contribution in [3.05, 3.63) is 34.9 Å². The predicted molar refractivity (Wildman–Crippen MR) is 60.0 cm³/mol. The molecule has 0 amide bonds. The van der Waals surface area contributed by atoms with E-state index in [9.17, 15) is 4.79 Å². The third-order valence-corrected chi connectivity index (χ3v) is 2.88. The lowest BCUT2D eigenvalue weighted by Gasteiger charge is -2.08. The standard InChI is InChI=1S/C11H13BrO2/c1-7-3-4-9(8(2)5-7)6-10(12)11(13)14/h3-5,10H,6H2,1-2H3,(H,13,14)/t10-/m1/s1. The van der Waals surface area contributed by atoms with Gasteiger partial charge in [0.15, 0.2) is 0 Å². The molecule has 0 heterocycles. The van der Waals surface area contributed by atoms with Gasteiger partial charge < -0.3 is 5.11 Å². The van der Waals surface area contributed by atoms with Crippen molar-refractivity contribution in [1.82, 2.24) is 0 Å². The van der Waals surface area contributed by atoms with Crippen LogP contribution in [0.5, 0.6) is 0 Å². The van der Waals surface area contributed by atoms with Gasteiger partial charge in [0.05, 0.1) is 0 Å². The van der Waals surface area contributed by atoms with Crippen LogP contribution >= 0.6 is 15.9 Å². The van der Waals surface area contributed by atoms with Gasteiger partial charge >= 0.3 is 5.97 Å². The van der Waals surface area contributed by atoms with Gasteiger partial charge in [0.2, 0.25) is 0 Å². The number of aliphatic carboxylic acids is 1. The Morgan fingerprint density at radius 2 is 2.14 bits per heavy atom. The number of hydrogen-bond donors (Lipinski definition) is 1. The molecule has 0 aliphatic carbocycles. The topological polar surface area (TPSA) is 37.3 Å². The smallest absolute Gasteiger partial charge is 0.317 e. The van der Waals surface area contributed by atoms with E-state index in [1.54, 1.807) is 0 Å². The van der Waals surface area contributed by atoms with E-state index in [1.165, 1.54) is 5.56 Å². The minimum atomic E-state index is -0.815. The fourth-order valence-corrected chi connectivity index (χ4v) is 1.70. The van der Waals surface area contributed by atoms with E-state index in [2.05, 4.69) is 22.0 Å². The lowest BCUT2D eigenvalue weighted by molar-refractivity contribution is -0.136. The van der Waals surface area contributed by atoms with Gasteiger partial charge in [-0.2, -0.15) is 0 Å². The second-order valence-corrected chi connectivity index (χ2v) is 4.55. The van der Waals surface area contributed by atoms with Crippen LogP contribution in [0, 0.1) is 13.8 Å². The van der Waals surface area contributed by atoms with Gasteiger partial charge in [0.25, 0.3) is 0 Å². The van der Waals surface area contributed by atoms with Gasteiger partial charge in [-0.1, -0.05) is 39.7 Å². The first-order valence-corrected chi connectivity index (χ1v) is 5.35. The summed E-state index contributed by atoms with van der Waals surface area (Å²) in [6.07, 6.45) is 0.529. The molecule has 2 nitrogen and oxygen atoms in total. The minimum Gasteiger partial charge on any atom is -0.480 e. The van der Waals surface area contributed by atoms with Crippen LogP contribution in [0.2, 0.25) is 0 Å². The van der Waals surface area contributed by atoms with E-state index in [1.807, 2.05) is 26.0 Å². The SMILES string of the molecule is Cc1ccc(C[C@@H](Br)C(=O)O)c(C)c1. The van der Waals surface area contributed by atoms with Gasteiger partial charge in [0, 0.05) is 0 Å². The summed E-state index contributed by atoms with van der Waals surface area (Å²) < 4.78 is 0. The zero-order valence-electron chi connectivity index (χ0n) is 8.25. The molecule has 0 unspecified atom stereocenters. The number of rotatable bonds is 3.